The fourth-order valence-electron chi connectivity index (χ4n) is 5.66. The number of rotatable bonds is 17. The van der Waals surface area contributed by atoms with E-state index in [4.69, 9.17) is 8.83 Å². The second-order valence-corrected chi connectivity index (χ2v) is 15.8. The molecule has 6 aromatic rings. The zero-order chi connectivity index (χ0) is 31.9. The minimum Gasteiger partial charge on any atom is -0.452 e. The van der Waals surface area contributed by atoms with Crippen LogP contribution in [0.5, 0.6) is 0 Å². The maximum Gasteiger partial charge on any atom is 0.185 e. The van der Waals surface area contributed by atoms with E-state index >= 15 is 0 Å². The summed E-state index contributed by atoms with van der Waals surface area (Å²) in [5.74, 6) is 2.23. The molecule has 0 N–H and O–H groups in total. The zero-order valence-electron chi connectivity index (χ0n) is 26.3. The maximum atomic E-state index is 11.2. The highest BCUT2D eigenvalue weighted by atomic mass is 32.1. The first kappa shape index (κ1) is 32.6. The minimum absolute atomic E-state index is 0.359. The number of aldehydes is 2. The molecule has 0 bridgehead atoms. The molecule has 0 aliphatic heterocycles. The summed E-state index contributed by atoms with van der Waals surface area (Å²) in [4.78, 5) is 32.3. The van der Waals surface area contributed by atoms with E-state index in [0.29, 0.717) is 11.5 Å². The average Bonchev–Trinajstić information content (AvgIpc) is 3.92. The molecule has 0 aliphatic rings. The van der Waals surface area contributed by atoms with Crippen LogP contribution in [0.2, 0.25) is 0 Å². The Morgan fingerprint density at radius 3 is 1.33 bits per heavy atom. The third-order valence-electron chi connectivity index (χ3n) is 8.09. The van der Waals surface area contributed by atoms with E-state index in [-0.39, 0.29) is 0 Å². The van der Waals surface area contributed by atoms with Crippen LogP contribution in [0.25, 0.3) is 50.5 Å². The number of unbranched alkanes of at least 4 members (excludes halogenated alkanes) is 6. The molecule has 0 saturated carbocycles. The van der Waals surface area contributed by atoms with Gasteiger partial charge in [0.2, 0.25) is 0 Å². The standard InChI is InChI=1S/C38H38O4S4/c1-3-5-7-9-11-25-21-35(29-15-13-27(23-39)41-29)45-37(25)33-19-17-31(43-33)32-18-20-34(44-32)38-26(12-10-8-6-4-2)22-36(46-38)30-16-14-28(24-40)42-30/h13-24H,3-12H2,1-2H3. The van der Waals surface area contributed by atoms with E-state index in [1.165, 1.54) is 91.8 Å². The Hall–Kier alpha value is -3.30. The Balaban J connectivity index is 1.28. The molecule has 8 heteroatoms. The van der Waals surface area contributed by atoms with E-state index in [0.717, 1.165) is 46.7 Å². The smallest absolute Gasteiger partial charge is 0.185 e. The molecule has 0 saturated heterocycles. The molecule has 0 fully saturated rings. The predicted octanol–water partition coefficient (Wildman–Crippen LogP) is 13.3. The first-order valence-electron chi connectivity index (χ1n) is 16.2. The summed E-state index contributed by atoms with van der Waals surface area (Å²) in [6.07, 6.45) is 13.3. The summed E-state index contributed by atoms with van der Waals surface area (Å²) in [6, 6.07) is 20.8. The van der Waals surface area contributed by atoms with Crippen LogP contribution in [-0.2, 0) is 12.8 Å². The molecule has 238 valence electrons. The van der Waals surface area contributed by atoms with E-state index in [9.17, 15) is 9.59 Å². The monoisotopic (exact) mass is 686 g/mol. The van der Waals surface area contributed by atoms with Crippen molar-refractivity contribution < 1.29 is 18.4 Å². The van der Waals surface area contributed by atoms with Gasteiger partial charge in [-0.05, 0) is 97.5 Å². The Bertz CT molecular complexity index is 1750. The second-order valence-electron chi connectivity index (χ2n) is 11.5. The lowest BCUT2D eigenvalue weighted by atomic mass is 10.1. The van der Waals surface area contributed by atoms with Crippen molar-refractivity contribution in [3.63, 3.8) is 0 Å². The van der Waals surface area contributed by atoms with Crippen LogP contribution in [-0.4, -0.2) is 12.6 Å². The van der Waals surface area contributed by atoms with Gasteiger partial charge in [-0.1, -0.05) is 52.4 Å². The van der Waals surface area contributed by atoms with Gasteiger partial charge in [-0.25, -0.2) is 0 Å². The van der Waals surface area contributed by atoms with Crippen LogP contribution in [0.3, 0.4) is 0 Å². The first-order valence-corrected chi connectivity index (χ1v) is 19.4. The maximum absolute atomic E-state index is 11.2. The van der Waals surface area contributed by atoms with Crippen molar-refractivity contribution in [1.29, 1.82) is 0 Å². The molecule has 0 atom stereocenters. The summed E-state index contributed by atoms with van der Waals surface area (Å²) >= 11 is 7.20. The average molecular weight is 687 g/mol. The van der Waals surface area contributed by atoms with Gasteiger partial charge in [0.1, 0.15) is 11.5 Å². The molecule has 0 aliphatic carbocycles. The summed E-state index contributed by atoms with van der Waals surface area (Å²) in [5.41, 5.74) is 2.71. The summed E-state index contributed by atoms with van der Waals surface area (Å²) < 4.78 is 11.6. The topological polar surface area (TPSA) is 60.4 Å². The van der Waals surface area contributed by atoms with Gasteiger partial charge in [-0.3, -0.25) is 9.59 Å². The fraction of sp³-hybridized carbons (Fsp3) is 0.316. The second kappa shape index (κ2) is 15.5. The largest absolute Gasteiger partial charge is 0.452 e. The summed E-state index contributed by atoms with van der Waals surface area (Å²) in [6.45, 7) is 4.49. The molecular formula is C38H38O4S4. The van der Waals surface area contributed by atoms with Gasteiger partial charge < -0.3 is 8.83 Å². The van der Waals surface area contributed by atoms with E-state index < -0.39 is 0 Å². The number of aryl methyl sites for hydroxylation is 2. The van der Waals surface area contributed by atoms with Crippen molar-refractivity contribution in [2.45, 2.75) is 78.1 Å². The third kappa shape index (κ3) is 7.46. The van der Waals surface area contributed by atoms with Crippen LogP contribution < -0.4 is 0 Å². The van der Waals surface area contributed by atoms with Crippen molar-refractivity contribution >= 4 is 57.9 Å². The summed E-state index contributed by atoms with van der Waals surface area (Å²) in [7, 11) is 0. The van der Waals surface area contributed by atoms with E-state index in [1.807, 2.05) is 34.8 Å². The Morgan fingerprint density at radius 1 is 0.500 bits per heavy atom. The lowest BCUT2D eigenvalue weighted by molar-refractivity contribution is 0.109. The molecule has 6 rings (SSSR count). The molecule has 0 radical (unpaired) electrons. The van der Waals surface area contributed by atoms with Crippen molar-refractivity contribution in [3.8, 4) is 50.5 Å². The molecule has 0 unspecified atom stereocenters. The lowest BCUT2D eigenvalue weighted by Crippen LogP contribution is -1.85. The van der Waals surface area contributed by atoms with E-state index in [1.54, 1.807) is 34.8 Å². The number of furan rings is 2. The SMILES string of the molecule is CCCCCCc1cc(-c2ccc(C=O)o2)sc1-c1ccc(-c2ccc(-c3sc(-c4ccc(C=O)o4)cc3CCCCCC)s2)s1. The highest BCUT2D eigenvalue weighted by Crippen LogP contribution is 2.47. The number of carbonyl (C=O) groups excluding carboxylic acids is 2. The Morgan fingerprint density at radius 2 is 0.935 bits per heavy atom. The molecule has 0 amide bonds. The normalized spacial score (nSPS) is 11.4. The van der Waals surface area contributed by atoms with Crippen LogP contribution in [0.1, 0.15) is 97.5 Å². The van der Waals surface area contributed by atoms with Crippen molar-refractivity contribution in [2.75, 3.05) is 0 Å². The van der Waals surface area contributed by atoms with Gasteiger partial charge >= 0.3 is 0 Å². The number of thiophene rings is 4. The van der Waals surface area contributed by atoms with Gasteiger partial charge in [-0.15, -0.1) is 45.3 Å². The van der Waals surface area contributed by atoms with Gasteiger partial charge in [-0.2, -0.15) is 0 Å². The number of hydrogen-bond acceptors (Lipinski definition) is 8. The Labute approximate surface area is 286 Å². The highest BCUT2D eigenvalue weighted by Gasteiger charge is 2.19. The van der Waals surface area contributed by atoms with Gasteiger partial charge in [0.25, 0.3) is 0 Å². The van der Waals surface area contributed by atoms with Gasteiger partial charge in [0, 0.05) is 29.3 Å². The van der Waals surface area contributed by atoms with Crippen LogP contribution in [0.4, 0.5) is 0 Å². The third-order valence-corrected chi connectivity index (χ3v) is 13.2. The number of hydrogen-bond donors (Lipinski definition) is 0. The first-order chi connectivity index (χ1) is 22.6. The molecular weight excluding hydrogens is 649 g/mol. The molecule has 6 heterocycles. The van der Waals surface area contributed by atoms with Gasteiger partial charge in [0.15, 0.2) is 24.1 Å². The summed E-state index contributed by atoms with van der Waals surface area (Å²) in [5, 5.41) is 0. The van der Waals surface area contributed by atoms with Crippen molar-refractivity contribution in [3.05, 3.63) is 83.3 Å². The zero-order valence-corrected chi connectivity index (χ0v) is 29.5. The van der Waals surface area contributed by atoms with Crippen LogP contribution >= 0.6 is 45.3 Å². The number of carbonyl (C=O) groups is 2. The van der Waals surface area contributed by atoms with Crippen molar-refractivity contribution in [1.82, 2.24) is 0 Å². The minimum atomic E-state index is 0.359. The highest BCUT2D eigenvalue weighted by molar-refractivity contribution is 7.29. The quantitative estimate of drug-likeness (QED) is 0.0708. The predicted molar refractivity (Wildman–Crippen MR) is 196 cm³/mol. The molecule has 46 heavy (non-hydrogen) atoms. The fourth-order valence-corrected chi connectivity index (χ4v) is 10.4. The molecule has 4 nitrogen and oxygen atoms in total. The van der Waals surface area contributed by atoms with Crippen LogP contribution in [0.15, 0.2) is 69.5 Å². The lowest BCUT2D eigenvalue weighted by Gasteiger charge is -2.02. The molecule has 6 aromatic heterocycles. The van der Waals surface area contributed by atoms with Crippen molar-refractivity contribution in [2.24, 2.45) is 0 Å². The Kier molecular flexibility index (Phi) is 11.0. The van der Waals surface area contributed by atoms with E-state index in [2.05, 4.69) is 50.2 Å². The molecule has 0 aromatic carbocycles. The molecule has 0 spiro atoms. The van der Waals surface area contributed by atoms with Gasteiger partial charge in [0.05, 0.1) is 9.75 Å². The van der Waals surface area contributed by atoms with Crippen LogP contribution in [0, 0.1) is 0 Å².